The molecular formula is C30H32N2O5. The Morgan fingerprint density at radius 3 is 2.35 bits per heavy atom. The molecule has 0 N–H and O–H groups in total. The number of hydrogen-bond donors (Lipinski definition) is 0. The third-order valence-electron chi connectivity index (χ3n) is 6.79. The number of amides is 2. The highest BCUT2D eigenvalue weighted by Gasteiger charge is 2.60. The Morgan fingerprint density at radius 2 is 1.65 bits per heavy atom. The third kappa shape index (κ3) is 4.44. The van der Waals surface area contributed by atoms with Gasteiger partial charge in [-0.3, -0.25) is 14.4 Å². The molecule has 0 aliphatic carbocycles. The van der Waals surface area contributed by atoms with Crippen LogP contribution in [0.4, 0.5) is 11.4 Å². The van der Waals surface area contributed by atoms with Crippen LogP contribution in [-0.4, -0.2) is 31.1 Å². The van der Waals surface area contributed by atoms with Crippen molar-refractivity contribution in [2.45, 2.75) is 46.3 Å². The van der Waals surface area contributed by atoms with Crippen molar-refractivity contribution in [3.63, 3.8) is 0 Å². The maximum atomic E-state index is 14.0. The molecule has 2 aliphatic heterocycles. The summed E-state index contributed by atoms with van der Waals surface area (Å²) in [6.07, 6.45) is -0.0508. The molecule has 2 heterocycles. The molecule has 3 aromatic rings. The van der Waals surface area contributed by atoms with Crippen LogP contribution in [0.25, 0.3) is 0 Å². The van der Waals surface area contributed by atoms with E-state index in [0.29, 0.717) is 30.4 Å². The number of fused-ring (bicyclic) bond motifs is 1. The summed E-state index contributed by atoms with van der Waals surface area (Å²) in [5, 5.41) is 1.70. The van der Waals surface area contributed by atoms with Gasteiger partial charge in [0.05, 0.1) is 30.6 Å². The molecule has 37 heavy (non-hydrogen) atoms. The van der Waals surface area contributed by atoms with E-state index in [9.17, 15) is 9.59 Å². The number of nitrogens with zero attached hydrogens (tertiary/aromatic N) is 2. The van der Waals surface area contributed by atoms with Crippen LogP contribution in [0.5, 0.6) is 11.5 Å². The average Bonchev–Trinajstić information content (AvgIpc) is 3.40. The second kappa shape index (κ2) is 10.3. The molecule has 0 saturated carbocycles. The van der Waals surface area contributed by atoms with Gasteiger partial charge >= 0.3 is 0 Å². The molecule has 5 rings (SSSR count). The van der Waals surface area contributed by atoms with Gasteiger partial charge in [0.15, 0.2) is 17.6 Å². The standard InChI is InChI=1S/C30H32N2O5/c1-5-16-36-24-15-13-21(18-25(24)35-6-2)27-26-28(37-32(27)22-10-8-7-9-11-22)30(34)31(29(26)33)23-14-12-19(3)17-20(23)4/h7-15,17-18,26-28H,5-6,16H2,1-4H3/t26-,27+,28+/m1/s1. The van der Waals surface area contributed by atoms with E-state index >= 15 is 0 Å². The fourth-order valence-corrected chi connectivity index (χ4v) is 5.15. The topological polar surface area (TPSA) is 68.3 Å². The fourth-order valence-electron chi connectivity index (χ4n) is 5.15. The summed E-state index contributed by atoms with van der Waals surface area (Å²) in [5.74, 6) is -0.0777. The Bertz CT molecular complexity index is 1310. The Morgan fingerprint density at radius 1 is 0.865 bits per heavy atom. The molecule has 0 bridgehead atoms. The van der Waals surface area contributed by atoms with E-state index in [1.54, 1.807) is 5.06 Å². The SMILES string of the molecule is CCCOc1ccc([C@H]2[C@H]3C(=O)N(c4ccc(C)cc4C)C(=O)[C@H]3ON2c2ccccc2)cc1OCC. The van der Waals surface area contributed by atoms with E-state index in [-0.39, 0.29) is 11.8 Å². The number of carbonyl (C=O) groups excluding carboxylic acids is 2. The molecule has 2 amide bonds. The van der Waals surface area contributed by atoms with E-state index in [2.05, 4.69) is 0 Å². The molecule has 7 nitrogen and oxygen atoms in total. The van der Waals surface area contributed by atoms with Gasteiger partial charge in [-0.15, -0.1) is 0 Å². The maximum absolute atomic E-state index is 14.0. The van der Waals surface area contributed by atoms with Gasteiger partial charge in [0, 0.05) is 0 Å². The van der Waals surface area contributed by atoms with Gasteiger partial charge in [0.25, 0.3) is 5.91 Å². The zero-order valence-electron chi connectivity index (χ0n) is 21.6. The number of imide groups is 1. The first-order valence-corrected chi connectivity index (χ1v) is 12.8. The number of aryl methyl sites for hydroxylation is 2. The van der Waals surface area contributed by atoms with Gasteiger partial charge in [0.2, 0.25) is 5.91 Å². The summed E-state index contributed by atoms with van der Waals surface area (Å²) in [5.41, 5.74) is 4.12. The van der Waals surface area contributed by atoms with Crippen molar-refractivity contribution in [2.24, 2.45) is 5.92 Å². The van der Waals surface area contributed by atoms with Crippen molar-refractivity contribution < 1.29 is 23.9 Å². The van der Waals surface area contributed by atoms with Crippen LogP contribution in [0.15, 0.2) is 66.7 Å². The van der Waals surface area contributed by atoms with Crippen molar-refractivity contribution in [3.8, 4) is 11.5 Å². The fraction of sp³-hybridized carbons (Fsp3) is 0.333. The van der Waals surface area contributed by atoms with Gasteiger partial charge in [-0.1, -0.05) is 48.9 Å². The van der Waals surface area contributed by atoms with Crippen LogP contribution < -0.4 is 19.4 Å². The highest BCUT2D eigenvalue weighted by molar-refractivity contribution is 6.24. The van der Waals surface area contributed by atoms with E-state index in [0.717, 1.165) is 28.8 Å². The van der Waals surface area contributed by atoms with Crippen LogP contribution in [0.1, 0.15) is 43.0 Å². The van der Waals surface area contributed by atoms with Gasteiger partial charge in [-0.25, -0.2) is 9.96 Å². The molecule has 2 aliphatic rings. The molecule has 192 valence electrons. The first-order chi connectivity index (χ1) is 17.9. The van der Waals surface area contributed by atoms with Crippen LogP contribution in [0, 0.1) is 19.8 Å². The zero-order chi connectivity index (χ0) is 26.1. The normalized spacial score (nSPS) is 20.9. The van der Waals surface area contributed by atoms with Crippen molar-refractivity contribution in [1.29, 1.82) is 0 Å². The minimum Gasteiger partial charge on any atom is -0.490 e. The summed E-state index contributed by atoms with van der Waals surface area (Å²) in [7, 11) is 0. The van der Waals surface area contributed by atoms with E-state index in [1.807, 2.05) is 94.4 Å². The Balaban J connectivity index is 1.58. The van der Waals surface area contributed by atoms with Crippen LogP contribution in [0.2, 0.25) is 0 Å². The second-order valence-corrected chi connectivity index (χ2v) is 9.45. The van der Waals surface area contributed by atoms with Crippen molar-refractivity contribution in [3.05, 3.63) is 83.4 Å². The van der Waals surface area contributed by atoms with Crippen molar-refractivity contribution in [2.75, 3.05) is 23.2 Å². The quantitative estimate of drug-likeness (QED) is 0.378. The number of para-hydroxylation sites is 1. The summed E-state index contributed by atoms with van der Waals surface area (Å²) < 4.78 is 11.8. The molecule has 3 atom stereocenters. The molecule has 2 saturated heterocycles. The number of hydroxylamine groups is 1. The molecule has 3 aromatic carbocycles. The lowest BCUT2D eigenvalue weighted by atomic mass is 9.90. The molecule has 7 heteroatoms. The number of carbonyl (C=O) groups is 2. The first-order valence-electron chi connectivity index (χ1n) is 12.8. The molecule has 0 spiro atoms. The minimum absolute atomic E-state index is 0.269. The van der Waals surface area contributed by atoms with Crippen LogP contribution >= 0.6 is 0 Å². The van der Waals surface area contributed by atoms with E-state index < -0.39 is 18.1 Å². The summed E-state index contributed by atoms with van der Waals surface area (Å²) >= 11 is 0. The van der Waals surface area contributed by atoms with Crippen molar-refractivity contribution >= 4 is 23.2 Å². The Hall–Kier alpha value is -3.84. The highest BCUT2D eigenvalue weighted by atomic mass is 16.7. The Kier molecular flexibility index (Phi) is 6.89. The summed E-state index contributed by atoms with van der Waals surface area (Å²) in [4.78, 5) is 35.2. The monoisotopic (exact) mass is 500 g/mol. The van der Waals surface area contributed by atoms with E-state index in [4.69, 9.17) is 14.3 Å². The number of hydrogen-bond acceptors (Lipinski definition) is 6. The van der Waals surface area contributed by atoms with Gasteiger partial charge in [-0.05, 0) is 68.7 Å². The average molecular weight is 501 g/mol. The molecule has 0 unspecified atom stereocenters. The van der Waals surface area contributed by atoms with Gasteiger partial charge < -0.3 is 9.47 Å². The number of anilines is 2. The van der Waals surface area contributed by atoms with E-state index in [1.165, 1.54) is 4.90 Å². The van der Waals surface area contributed by atoms with Gasteiger partial charge in [0.1, 0.15) is 5.92 Å². The van der Waals surface area contributed by atoms with Crippen LogP contribution in [-0.2, 0) is 14.4 Å². The second-order valence-electron chi connectivity index (χ2n) is 9.45. The molecule has 2 fully saturated rings. The predicted octanol–water partition coefficient (Wildman–Crippen LogP) is 5.54. The largest absolute Gasteiger partial charge is 0.490 e. The van der Waals surface area contributed by atoms with Crippen LogP contribution in [0.3, 0.4) is 0 Å². The lowest BCUT2D eigenvalue weighted by Crippen LogP contribution is -2.37. The molecule has 0 aromatic heterocycles. The summed E-state index contributed by atoms with van der Waals surface area (Å²) in [6, 6.07) is 20.4. The third-order valence-corrected chi connectivity index (χ3v) is 6.79. The lowest BCUT2D eigenvalue weighted by Gasteiger charge is -2.29. The number of benzene rings is 3. The molecular weight excluding hydrogens is 468 g/mol. The summed E-state index contributed by atoms with van der Waals surface area (Å²) in [6.45, 7) is 8.91. The Labute approximate surface area is 217 Å². The predicted molar refractivity (Wildman–Crippen MR) is 142 cm³/mol. The number of ether oxygens (including phenoxy) is 2. The zero-order valence-corrected chi connectivity index (χ0v) is 21.6. The number of rotatable bonds is 8. The van der Waals surface area contributed by atoms with Gasteiger partial charge in [-0.2, -0.15) is 0 Å². The first kappa shape index (κ1) is 24.8. The van der Waals surface area contributed by atoms with Crippen molar-refractivity contribution in [1.82, 2.24) is 0 Å². The maximum Gasteiger partial charge on any atom is 0.266 e. The lowest BCUT2D eigenvalue weighted by molar-refractivity contribution is -0.126. The minimum atomic E-state index is -0.926. The highest BCUT2D eigenvalue weighted by Crippen LogP contribution is 2.49. The smallest absolute Gasteiger partial charge is 0.266 e. The molecule has 0 radical (unpaired) electrons.